The highest BCUT2D eigenvalue weighted by Crippen LogP contribution is 2.28. The van der Waals surface area contributed by atoms with Gasteiger partial charge in [-0.25, -0.2) is 0 Å². The Labute approximate surface area is 122 Å². The minimum absolute atomic E-state index is 0.463. The third kappa shape index (κ3) is 3.15. The van der Waals surface area contributed by atoms with E-state index in [0.717, 1.165) is 15.8 Å². The molecule has 0 bridgehead atoms. The van der Waals surface area contributed by atoms with Gasteiger partial charge in [0.15, 0.2) is 0 Å². The summed E-state index contributed by atoms with van der Waals surface area (Å²) in [6.45, 7) is 4.35. The van der Waals surface area contributed by atoms with Crippen LogP contribution in [0.1, 0.15) is 30.9 Å². The Bertz CT molecular complexity index is 627. The number of rotatable bonds is 3. The summed E-state index contributed by atoms with van der Waals surface area (Å²) in [6, 6.07) is 16.1. The van der Waals surface area contributed by atoms with Crippen LogP contribution in [0.5, 0.6) is 0 Å². The van der Waals surface area contributed by atoms with Crippen molar-refractivity contribution in [1.82, 2.24) is 0 Å². The summed E-state index contributed by atoms with van der Waals surface area (Å²) in [5.41, 5.74) is 4.00. The minimum Gasteiger partial charge on any atom is -0.355 e. The molecule has 0 atom stereocenters. The van der Waals surface area contributed by atoms with Gasteiger partial charge in [-0.15, -0.1) is 0 Å². The van der Waals surface area contributed by atoms with Crippen molar-refractivity contribution in [3.8, 4) is 6.07 Å². The fourth-order valence-corrected chi connectivity index (χ4v) is 2.42. The van der Waals surface area contributed by atoms with Crippen LogP contribution in [0.25, 0.3) is 0 Å². The third-order valence-corrected chi connectivity index (χ3v) is 3.61. The van der Waals surface area contributed by atoms with Crippen molar-refractivity contribution in [3.05, 3.63) is 58.1 Å². The Balaban J connectivity index is 2.32. The predicted octanol–water partition coefficient (Wildman–Crippen LogP) is 5.19. The number of hydrogen-bond acceptors (Lipinski definition) is 2. The van der Waals surface area contributed by atoms with E-state index in [2.05, 4.69) is 59.4 Å². The van der Waals surface area contributed by atoms with Gasteiger partial charge in [0.25, 0.3) is 0 Å². The zero-order valence-electron chi connectivity index (χ0n) is 10.9. The lowest BCUT2D eigenvalue weighted by atomic mass is 10.0. The van der Waals surface area contributed by atoms with Gasteiger partial charge in [0.2, 0.25) is 0 Å². The maximum Gasteiger partial charge on any atom is 0.100 e. The molecule has 0 aliphatic rings. The molecule has 0 saturated heterocycles. The molecule has 0 unspecified atom stereocenters. The fraction of sp³-hybridized carbons (Fsp3) is 0.188. The summed E-state index contributed by atoms with van der Waals surface area (Å²) in [5, 5.41) is 12.3. The summed E-state index contributed by atoms with van der Waals surface area (Å²) in [7, 11) is 0. The molecule has 0 radical (unpaired) electrons. The predicted molar refractivity (Wildman–Crippen MR) is 82.7 cm³/mol. The highest BCUT2D eigenvalue weighted by atomic mass is 79.9. The van der Waals surface area contributed by atoms with E-state index in [-0.39, 0.29) is 0 Å². The summed E-state index contributed by atoms with van der Waals surface area (Å²) in [6.07, 6.45) is 0. The van der Waals surface area contributed by atoms with Crippen LogP contribution >= 0.6 is 15.9 Å². The molecule has 1 N–H and O–H groups in total. The number of hydrogen-bond donors (Lipinski definition) is 1. The van der Waals surface area contributed by atoms with Crippen LogP contribution in [0.4, 0.5) is 11.4 Å². The molecule has 0 fully saturated rings. The smallest absolute Gasteiger partial charge is 0.100 e. The Kier molecular flexibility index (Phi) is 4.24. The first kappa shape index (κ1) is 13.6. The average molecular weight is 315 g/mol. The van der Waals surface area contributed by atoms with E-state index >= 15 is 0 Å². The standard InChI is InChI=1S/C16H15BrN2/c1-11(2)14-5-3-4-6-16(14)19-13-8-7-12(10-18)15(17)9-13/h3-9,11,19H,1-2H3. The molecular formula is C16H15BrN2. The van der Waals surface area contributed by atoms with Crippen LogP contribution in [-0.2, 0) is 0 Å². The maximum absolute atomic E-state index is 8.92. The largest absolute Gasteiger partial charge is 0.355 e. The number of para-hydroxylation sites is 1. The van der Waals surface area contributed by atoms with E-state index in [9.17, 15) is 0 Å². The normalized spacial score (nSPS) is 10.3. The lowest BCUT2D eigenvalue weighted by molar-refractivity contribution is 0.869. The van der Waals surface area contributed by atoms with Crippen LogP contribution in [0.3, 0.4) is 0 Å². The quantitative estimate of drug-likeness (QED) is 0.846. The molecule has 3 heteroatoms. The molecule has 2 aromatic rings. The van der Waals surface area contributed by atoms with Crippen LogP contribution in [0.2, 0.25) is 0 Å². The molecule has 19 heavy (non-hydrogen) atoms. The van der Waals surface area contributed by atoms with E-state index in [0.29, 0.717) is 11.5 Å². The maximum atomic E-state index is 8.92. The topological polar surface area (TPSA) is 35.8 Å². The number of halogens is 1. The van der Waals surface area contributed by atoms with Gasteiger partial charge in [-0.05, 0) is 51.7 Å². The van der Waals surface area contributed by atoms with Crippen molar-refractivity contribution in [2.24, 2.45) is 0 Å². The lowest BCUT2D eigenvalue weighted by Gasteiger charge is -2.14. The number of benzene rings is 2. The molecule has 96 valence electrons. The molecule has 2 rings (SSSR count). The zero-order chi connectivity index (χ0) is 13.8. The van der Waals surface area contributed by atoms with Gasteiger partial charge in [-0.3, -0.25) is 0 Å². The average Bonchev–Trinajstić information content (AvgIpc) is 2.39. The van der Waals surface area contributed by atoms with E-state index < -0.39 is 0 Å². The van der Waals surface area contributed by atoms with Crippen LogP contribution in [-0.4, -0.2) is 0 Å². The highest BCUT2D eigenvalue weighted by molar-refractivity contribution is 9.10. The Hall–Kier alpha value is -1.79. The van der Waals surface area contributed by atoms with Gasteiger partial charge in [0, 0.05) is 15.8 Å². The van der Waals surface area contributed by atoms with Gasteiger partial charge in [-0.2, -0.15) is 5.26 Å². The zero-order valence-corrected chi connectivity index (χ0v) is 12.5. The van der Waals surface area contributed by atoms with E-state index in [1.54, 1.807) is 0 Å². The molecule has 0 aliphatic carbocycles. The lowest BCUT2D eigenvalue weighted by Crippen LogP contribution is -1.97. The van der Waals surface area contributed by atoms with Crippen LogP contribution < -0.4 is 5.32 Å². The molecule has 0 saturated carbocycles. The summed E-state index contributed by atoms with van der Waals surface area (Å²) < 4.78 is 0.807. The van der Waals surface area contributed by atoms with Crippen molar-refractivity contribution in [2.75, 3.05) is 5.32 Å². The molecule has 0 aliphatic heterocycles. The molecular weight excluding hydrogens is 300 g/mol. The number of nitrogens with one attached hydrogen (secondary N) is 1. The van der Waals surface area contributed by atoms with E-state index in [4.69, 9.17) is 5.26 Å². The van der Waals surface area contributed by atoms with E-state index in [1.165, 1.54) is 5.56 Å². The number of nitrogens with zero attached hydrogens (tertiary/aromatic N) is 1. The summed E-state index contributed by atoms with van der Waals surface area (Å²) >= 11 is 3.41. The first-order valence-corrected chi connectivity index (χ1v) is 6.96. The van der Waals surface area contributed by atoms with Gasteiger partial charge in [0.1, 0.15) is 6.07 Å². The first-order chi connectivity index (χ1) is 9.11. The van der Waals surface area contributed by atoms with Crippen molar-refractivity contribution in [3.63, 3.8) is 0 Å². The fourth-order valence-electron chi connectivity index (χ4n) is 1.95. The van der Waals surface area contributed by atoms with Gasteiger partial charge in [-0.1, -0.05) is 32.0 Å². The second-order valence-corrected chi connectivity index (χ2v) is 5.53. The molecule has 0 heterocycles. The van der Waals surface area contributed by atoms with E-state index in [1.807, 2.05) is 24.3 Å². The van der Waals surface area contributed by atoms with Gasteiger partial charge >= 0.3 is 0 Å². The summed E-state index contributed by atoms with van der Waals surface area (Å²) in [5.74, 6) is 0.463. The monoisotopic (exact) mass is 314 g/mol. The first-order valence-electron chi connectivity index (χ1n) is 6.17. The van der Waals surface area contributed by atoms with Crippen molar-refractivity contribution in [2.45, 2.75) is 19.8 Å². The van der Waals surface area contributed by atoms with Crippen LogP contribution in [0.15, 0.2) is 46.9 Å². The number of nitriles is 1. The highest BCUT2D eigenvalue weighted by Gasteiger charge is 2.07. The minimum atomic E-state index is 0.463. The van der Waals surface area contributed by atoms with Crippen molar-refractivity contribution >= 4 is 27.3 Å². The summed E-state index contributed by atoms with van der Waals surface area (Å²) in [4.78, 5) is 0. The molecule has 2 nitrogen and oxygen atoms in total. The Morgan fingerprint density at radius 2 is 1.89 bits per heavy atom. The second-order valence-electron chi connectivity index (χ2n) is 4.67. The van der Waals surface area contributed by atoms with Crippen LogP contribution in [0, 0.1) is 11.3 Å². The molecule has 0 amide bonds. The molecule has 0 aromatic heterocycles. The molecule has 2 aromatic carbocycles. The molecule has 0 spiro atoms. The Morgan fingerprint density at radius 3 is 2.53 bits per heavy atom. The van der Waals surface area contributed by atoms with Crippen molar-refractivity contribution < 1.29 is 0 Å². The van der Waals surface area contributed by atoms with Gasteiger partial charge in [0.05, 0.1) is 5.56 Å². The SMILES string of the molecule is CC(C)c1ccccc1Nc1ccc(C#N)c(Br)c1. The van der Waals surface area contributed by atoms with Gasteiger partial charge < -0.3 is 5.32 Å². The Morgan fingerprint density at radius 1 is 1.16 bits per heavy atom. The van der Waals surface area contributed by atoms with Crippen molar-refractivity contribution in [1.29, 1.82) is 5.26 Å². The number of anilines is 2. The third-order valence-electron chi connectivity index (χ3n) is 2.95. The second kappa shape index (κ2) is 5.90.